The van der Waals surface area contributed by atoms with Crippen LogP contribution in [0.25, 0.3) is 5.70 Å². The van der Waals surface area contributed by atoms with Gasteiger partial charge in [-0.2, -0.15) is 0 Å². The summed E-state index contributed by atoms with van der Waals surface area (Å²) in [6.07, 6.45) is 38.6. The number of allylic oxidation sites excluding steroid dienone is 20. The van der Waals surface area contributed by atoms with E-state index in [4.69, 9.17) is 0 Å². The molecule has 0 amide bonds. The summed E-state index contributed by atoms with van der Waals surface area (Å²) >= 11 is 0. The Bertz CT molecular complexity index is 1620. The molecular weight excluding hydrogens is 567 g/mol. The molecule has 4 bridgehead atoms. The minimum Gasteiger partial charge on any atom is -0.382 e. The van der Waals surface area contributed by atoms with Crippen LogP contribution in [0.5, 0.6) is 0 Å². The molecule has 1 nitrogen and oxygen atoms in total. The van der Waals surface area contributed by atoms with E-state index in [1.165, 1.54) is 56.7 Å². The molecule has 5 aliphatic rings. The third-order valence-electron chi connectivity index (χ3n) is 10.2. The highest BCUT2D eigenvalue weighted by molar-refractivity contribution is 5.65. The molecule has 6 rings (SSSR count). The fourth-order valence-electron chi connectivity index (χ4n) is 7.55. The highest BCUT2D eigenvalue weighted by Crippen LogP contribution is 2.59. The van der Waals surface area contributed by atoms with Crippen LogP contribution in [0.4, 0.5) is 0 Å². The van der Waals surface area contributed by atoms with Gasteiger partial charge >= 0.3 is 0 Å². The van der Waals surface area contributed by atoms with E-state index < -0.39 is 0 Å². The molecule has 1 fully saturated rings. The molecule has 1 saturated carbocycles. The van der Waals surface area contributed by atoms with Crippen molar-refractivity contribution < 1.29 is 0 Å². The molecule has 4 atom stereocenters. The molecule has 0 heterocycles. The molecule has 0 radical (unpaired) electrons. The van der Waals surface area contributed by atoms with Gasteiger partial charge in [-0.15, -0.1) is 6.58 Å². The zero-order valence-electron chi connectivity index (χ0n) is 29.3. The van der Waals surface area contributed by atoms with Crippen molar-refractivity contribution in [2.45, 2.75) is 85.1 Å². The summed E-state index contributed by atoms with van der Waals surface area (Å²) in [7, 11) is 0. The van der Waals surface area contributed by atoms with E-state index in [9.17, 15) is 0 Å². The van der Waals surface area contributed by atoms with Crippen molar-refractivity contribution in [1.82, 2.24) is 5.32 Å². The molecular formula is C46H55N. The van der Waals surface area contributed by atoms with Crippen LogP contribution in [-0.2, 0) is 0 Å². The van der Waals surface area contributed by atoms with Crippen LogP contribution >= 0.6 is 0 Å². The third-order valence-corrected chi connectivity index (χ3v) is 10.2. The van der Waals surface area contributed by atoms with Crippen molar-refractivity contribution in [3.05, 3.63) is 173 Å². The molecule has 5 aliphatic carbocycles. The summed E-state index contributed by atoms with van der Waals surface area (Å²) in [5, 5.41) is 3.84. The lowest BCUT2D eigenvalue weighted by Crippen LogP contribution is -2.27. The first-order valence-corrected chi connectivity index (χ1v) is 17.9. The van der Waals surface area contributed by atoms with Crippen LogP contribution in [0.3, 0.4) is 0 Å². The van der Waals surface area contributed by atoms with E-state index in [1.807, 2.05) is 6.08 Å². The van der Waals surface area contributed by atoms with Gasteiger partial charge in [-0.05, 0) is 117 Å². The molecule has 47 heavy (non-hydrogen) atoms. The number of hydrogen-bond acceptors (Lipinski definition) is 1. The molecule has 0 aliphatic heterocycles. The zero-order chi connectivity index (χ0) is 33.2. The summed E-state index contributed by atoms with van der Waals surface area (Å²) in [6, 6.07) is 11.1. The van der Waals surface area contributed by atoms with E-state index in [2.05, 4.69) is 149 Å². The van der Waals surface area contributed by atoms with E-state index in [-0.39, 0.29) is 0 Å². The van der Waals surface area contributed by atoms with Crippen molar-refractivity contribution in [2.24, 2.45) is 17.8 Å². The van der Waals surface area contributed by atoms with Crippen LogP contribution in [0.2, 0.25) is 0 Å². The molecule has 1 aromatic carbocycles. The average Bonchev–Trinajstić information content (AvgIpc) is 3.18. The number of benzene rings is 1. The van der Waals surface area contributed by atoms with Crippen molar-refractivity contribution in [1.29, 1.82) is 0 Å². The van der Waals surface area contributed by atoms with Gasteiger partial charge in [-0.25, -0.2) is 0 Å². The van der Waals surface area contributed by atoms with Crippen molar-refractivity contribution in [2.75, 3.05) is 0 Å². The van der Waals surface area contributed by atoms with E-state index >= 15 is 0 Å². The first kappa shape index (κ1) is 34.2. The number of fused-ring (bicyclic) bond motifs is 1. The largest absolute Gasteiger partial charge is 0.382 e. The van der Waals surface area contributed by atoms with Gasteiger partial charge < -0.3 is 5.32 Å². The SMILES string of the molecule is C=CCCC(=C)C1CC2=CC=C(/C(C)=C/C=C\CC(C)N/C(=C\CC3=CCCC(C(/C=C\CC)=C/C)=C3)c3ccccc3)C3=CC2C31. The quantitative estimate of drug-likeness (QED) is 0.143. The smallest absolute Gasteiger partial charge is 0.0378 e. The van der Waals surface area contributed by atoms with Gasteiger partial charge in [0.05, 0.1) is 0 Å². The molecule has 1 aromatic rings. The predicted molar refractivity (Wildman–Crippen MR) is 206 cm³/mol. The maximum Gasteiger partial charge on any atom is 0.0378 e. The van der Waals surface area contributed by atoms with Crippen LogP contribution in [0, 0.1) is 17.8 Å². The summed E-state index contributed by atoms with van der Waals surface area (Å²) < 4.78 is 0. The molecule has 0 saturated heterocycles. The van der Waals surface area contributed by atoms with Gasteiger partial charge in [-0.3, -0.25) is 0 Å². The lowest BCUT2D eigenvalue weighted by atomic mass is 9.67. The summed E-state index contributed by atoms with van der Waals surface area (Å²) in [5.74, 6) is 1.81. The number of hydrogen-bond donors (Lipinski definition) is 1. The first-order chi connectivity index (χ1) is 22.9. The highest BCUT2D eigenvalue weighted by Gasteiger charge is 2.48. The topological polar surface area (TPSA) is 12.0 Å². The second kappa shape index (κ2) is 16.6. The van der Waals surface area contributed by atoms with E-state index in [1.54, 1.807) is 5.57 Å². The summed E-state index contributed by atoms with van der Waals surface area (Å²) in [5.41, 5.74) is 13.9. The Morgan fingerprint density at radius 2 is 1.96 bits per heavy atom. The number of nitrogens with one attached hydrogen (secondary N) is 1. The van der Waals surface area contributed by atoms with Gasteiger partial charge in [0.15, 0.2) is 0 Å². The normalized spacial score (nSPS) is 23.4. The van der Waals surface area contributed by atoms with E-state index in [0.717, 1.165) is 44.9 Å². The molecule has 1 N–H and O–H groups in total. The molecule has 244 valence electrons. The lowest BCUT2D eigenvalue weighted by molar-refractivity contribution is 0.409. The van der Waals surface area contributed by atoms with Gasteiger partial charge in [0.2, 0.25) is 0 Å². The average molecular weight is 622 g/mol. The van der Waals surface area contributed by atoms with Crippen LogP contribution < -0.4 is 5.32 Å². The molecule has 1 heteroatoms. The predicted octanol–water partition coefficient (Wildman–Crippen LogP) is 12.4. The Labute approximate surface area is 285 Å². The second-order valence-electron chi connectivity index (χ2n) is 13.6. The minimum atomic E-state index is 0.307. The standard InChI is InChI=1S/C46H55N/c1-7-10-18-34(5)42-31-40-27-28-41(44-32-43(40)46(42)44)33(4)19-15-16-20-35(6)47-45(38-23-13-12-14-24-38)29-26-36-21-17-25-39(30-36)37(9-3)22-11-8-2/h7,9,11-16,19,21-24,27-30,32,35,42-43,46-47H,1,5,8,10,17-18,20,25-26,31H2,2-4,6H3/b16-15-,22-11-,33-19+,37-9+,45-29-. The van der Waals surface area contributed by atoms with Gasteiger partial charge in [0.1, 0.15) is 0 Å². The fourth-order valence-corrected chi connectivity index (χ4v) is 7.55. The van der Waals surface area contributed by atoms with Gasteiger partial charge in [0.25, 0.3) is 0 Å². The maximum absolute atomic E-state index is 4.50. The summed E-state index contributed by atoms with van der Waals surface area (Å²) in [4.78, 5) is 0. The Balaban J connectivity index is 1.21. The summed E-state index contributed by atoms with van der Waals surface area (Å²) in [6.45, 7) is 17.3. The minimum absolute atomic E-state index is 0.307. The fraction of sp³-hybridized carbons (Fsp3) is 0.348. The molecule has 0 aromatic heterocycles. The number of rotatable bonds is 16. The Morgan fingerprint density at radius 1 is 1.13 bits per heavy atom. The molecule has 0 spiro atoms. The monoisotopic (exact) mass is 621 g/mol. The Morgan fingerprint density at radius 3 is 2.72 bits per heavy atom. The van der Waals surface area contributed by atoms with Crippen molar-refractivity contribution >= 4 is 5.70 Å². The molecule has 4 unspecified atom stereocenters. The highest BCUT2D eigenvalue weighted by atomic mass is 14.9. The van der Waals surface area contributed by atoms with Crippen molar-refractivity contribution in [3.8, 4) is 0 Å². The van der Waals surface area contributed by atoms with Crippen LogP contribution in [0.1, 0.15) is 84.6 Å². The van der Waals surface area contributed by atoms with E-state index in [0.29, 0.717) is 23.8 Å². The lowest BCUT2D eigenvalue weighted by Gasteiger charge is -2.36. The van der Waals surface area contributed by atoms with Crippen LogP contribution in [0.15, 0.2) is 167 Å². The van der Waals surface area contributed by atoms with Gasteiger partial charge in [-0.1, -0.05) is 134 Å². The Hall–Kier alpha value is -4.10. The first-order valence-electron chi connectivity index (χ1n) is 17.9. The Kier molecular flexibility index (Phi) is 12.1. The van der Waals surface area contributed by atoms with Crippen LogP contribution in [-0.4, -0.2) is 6.04 Å². The second-order valence-corrected chi connectivity index (χ2v) is 13.6. The van der Waals surface area contributed by atoms with Crippen molar-refractivity contribution in [3.63, 3.8) is 0 Å². The maximum atomic E-state index is 4.50. The zero-order valence-corrected chi connectivity index (χ0v) is 29.3. The van der Waals surface area contributed by atoms with Gasteiger partial charge in [0, 0.05) is 23.6 Å². The third kappa shape index (κ3) is 8.44.